The normalized spacial score (nSPS) is 42.8. The lowest BCUT2D eigenvalue weighted by Gasteiger charge is -2.73. The molecule has 0 aromatic carbocycles. The standard InChI is InChI=1S/C47H76N2O6/c1-31(2)33-14-19-47(27-38(50)49-22-10-11-32(49)30-48-23-25-54-26-24-48)21-20-45(8)34(41(33)47)12-13-36-44(7)17-16-37(43(5,6)35(44)15-18-46(36,45)9)55-40(53)29-42(3,4)28-39(51)52/h32-37,41H,1,10-30H2,2-9H3,(H,51,52)/t32-,33+,34-,35+,36-,37+,41-,44+,45-,46-,47-/m1/s1. The molecule has 0 radical (unpaired) electrons. The lowest BCUT2D eigenvalue weighted by atomic mass is 9.32. The molecule has 0 bridgehead atoms. The fourth-order valence-corrected chi connectivity index (χ4v) is 15.7. The van der Waals surface area contributed by atoms with Crippen LogP contribution in [0.25, 0.3) is 0 Å². The summed E-state index contributed by atoms with van der Waals surface area (Å²) in [5.74, 6) is 1.96. The highest BCUT2D eigenvalue weighted by Gasteiger charge is 2.71. The maximum atomic E-state index is 14.6. The van der Waals surface area contributed by atoms with Crippen molar-refractivity contribution in [3.8, 4) is 0 Å². The van der Waals surface area contributed by atoms with Crippen LogP contribution in [0.1, 0.15) is 152 Å². The average Bonchev–Trinajstić information content (AvgIpc) is 3.71. The van der Waals surface area contributed by atoms with Gasteiger partial charge in [-0.2, -0.15) is 0 Å². The maximum absolute atomic E-state index is 14.6. The van der Waals surface area contributed by atoms with Crippen molar-refractivity contribution >= 4 is 17.8 Å². The molecule has 7 fully saturated rings. The van der Waals surface area contributed by atoms with Crippen LogP contribution in [0.3, 0.4) is 0 Å². The molecule has 2 heterocycles. The van der Waals surface area contributed by atoms with E-state index < -0.39 is 11.4 Å². The SMILES string of the molecule is C=C(C)[C@@H]1CC[C@]2(CC(=O)N3CCC[C@@H]3CN3CCOCC3)CC[C@]3(C)[C@H](CC[C@@H]4[C@@]5(C)CC[C@H](OC(=O)CC(C)(C)CC(=O)O)C(C)(C)[C@@H]5CC[C@]43C)[C@@H]12. The van der Waals surface area contributed by atoms with Gasteiger partial charge in [0, 0.05) is 44.1 Å². The Morgan fingerprint density at radius 2 is 1.56 bits per heavy atom. The van der Waals surface area contributed by atoms with E-state index in [1.807, 2.05) is 13.8 Å². The predicted molar refractivity (Wildman–Crippen MR) is 216 cm³/mol. The van der Waals surface area contributed by atoms with Crippen LogP contribution in [0, 0.1) is 62.1 Å². The fraction of sp³-hybridized carbons (Fsp3) is 0.894. The molecule has 0 aromatic heterocycles. The number of nitrogens with zero attached hydrogens (tertiary/aromatic N) is 2. The van der Waals surface area contributed by atoms with Gasteiger partial charge < -0.3 is 19.5 Å². The summed E-state index contributed by atoms with van der Waals surface area (Å²) in [5.41, 5.74) is 1.18. The van der Waals surface area contributed by atoms with Crippen LogP contribution < -0.4 is 0 Å². The van der Waals surface area contributed by atoms with Crippen molar-refractivity contribution < 1.29 is 29.0 Å². The van der Waals surface area contributed by atoms with E-state index in [-0.39, 0.29) is 52.0 Å². The van der Waals surface area contributed by atoms with Crippen molar-refractivity contribution in [2.24, 2.45) is 62.1 Å². The Morgan fingerprint density at radius 1 is 0.836 bits per heavy atom. The van der Waals surface area contributed by atoms with E-state index in [1.165, 1.54) is 37.7 Å². The third-order valence-electron chi connectivity index (χ3n) is 18.5. The number of aliphatic carboxylic acids is 1. The lowest BCUT2D eigenvalue weighted by Crippen LogP contribution is -2.67. The number of rotatable bonds is 10. The third-order valence-corrected chi connectivity index (χ3v) is 18.5. The topological polar surface area (TPSA) is 96.4 Å². The van der Waals surface area contributed by atoms with Gasteiger partial charge in [0.25, 0.3) is 0 Å². The van der Waals surface area contributed by atoms with E-state index in [9.17, 15) is 19.5 Å². The first kappa shape index (κ1) is 41.2. The van der Waals surface area contributed by atoms with Gasteiger partial charge in [-0.3, -0.25) is 19.3 Å². The molecule has 8 nitrogen and oxygen atoms in total. The van der Waals surface area contributed by atoms with Crippen molar-refractivity contribution in [3.05, 3.63) is 12.2 Å². The second-order valence-corrected chi connectivity index (χ2v) is 22.3. The number of esters is 1. The van der Waals surface area contributed by atoms with Crippen LogP contribution in [0.15, 0.2) is 12.2 Å². The second-order valence-electron chi connectivity index (χ2n) is 22.3. The van der Waals surface area contributed by atoms with Gasteiger partial charge in [0.05, 0.1) is 26.1 Å². The smallest absolute Gasteiger partial charge is 0.306 e. The number of amides is 1. The summed E-state index contributed by atoms with van der Waals surface area (Å²) in [6.45, 7) is 28.7. The first-order valence-corrected chi connectivity index (χ1v) is 22.4. The molecule has 7 rings (SSSR count). The Kier molecular flexibility index (Phi) is 11.0. The molecule has 0 aromatic rings. The molecule has 0 unspecified atom stereocenters. The van der Waals surface area contributed by atoms with Crippen LogP contribution in [0.2, 0.25) is 0 Å². The molecule has 55 heavy (non-hydrogen) atoms. The molecule has 0 spiro atoms. The molecule has 2 aliphatic heterocycles. The number of ether oxygens (including phenoxy) is 2. The van der Waals surface area contributed by atoms with E-state index in [1.54, 1.807) is 0 Å². The zero-order valence-electron chi connectivity index (χ0n) is 36.0. The summed E-state index contributed by atoms with van der Waals surface area (Å²) in [6, 6.07) is 0.338. The van der Waals surface area contributed by atoms with Gasteiger partial charge in [-0.05, 0) is 141 Å². The van der Waals surface area contributed by atoms with Crippen LogP contribution in [0.5, 0.6) is 0 Å². The number of carboxylic acids is 1. The van der Waals surface area contributed by atoms with E-state index in [2.05, 4.69) is 57.9 Å². The number of allylic oxidation sites excluding steroid dienone is 1. The zero-order chi connectivity index (χ0) is 39.8. The molecular formula is C47H76N2O6. The van der Waals surface area contributed by atoms with E-state index in [4.69, 9.17) is 9.47 Å². The van der Waals surface area contributed by atoms with Crippen LogP contribution in [-0.4, -0.2) is 84.3 Å². The van der Waals surface area contributed by atoms with Gasteiger partial charge in [0.1, 0.15) is 6.10 Å². The number of carbonyl (C=O) groups excluding carboxylic acids is 2. The Morgan fingerprint density at radius 3 is 2.25 bits per heavy atom. The Balaban J connectivity index is 1.09. The van der Waals surface area contributed by atoms with Gasteiger partial charge in [-0.25, -0.2) is 0 Å². The van der Waals surface area contributed by atoms with Gasteiger partial charge in [-0.15, -0.1) is 0 Å². The lowest BCUT2D eigenvalue weighted by molar-refractivity contribution is -0.250. The second kappa shape index (κ2) is 14.7. The Hall–Kier alpha value is -1.93. The van der Waals surface area contributed by atoms with E-state index in [0.717, 1.165) is 90.8 Å². The summed E-state index contributed by atoms with van der Waals surface area (Å²) in [4.78, 5) is 44.1. The summed E-state index contributed by atoms with van der Waals surface area (Å²) >= 11 is 0. The Bertz CT molecular complexity index is 1500. The van der Waals surface area contributed by atoms with Crippen molar-refractivity contribution in [2.75, 3.05) is 39.4 Å². The molecule has 1 amide bonds. The number of carboxylic acid groups (broad SMARTS) is 1. The van der Waals surface area contributed by atoms with Gasteiger partial charge in [0.15, 0.2) is 0 Å². The number of carbonyl (C=O) groups is 3. The number of fused-ring (bicyclic) bond motifs is 7. The summed E-state index contributed by atoms with van der Waals surface area (Å²) in [5, 5.41) is 9.38. The minimum absolute atomic E-state index is 0.0451. The van der Waals surface area contributed by atoms with Crippen LogP contribution in [-0.2, 0) is 23.9 Å². The first-order chi connectivity index (χ1) is 25.8. The summed E-state index contributed by atoms with van der Waals surface area (Å²) in [7, 11) is 0. The van der Waals surface area contributed by atoms with E-state index in [0.29, 0.717) is 41.5 Å². The third kappa shape index (κ3) is 7.05. The quantitative estimate of drug-likeness (QED) is 0.175. The summed E-state index contributed by atoms with van der Waals surface area (Å²) in [6.07, 6.45) is 14.4. The molecule has 310 valence electrons. The number of morpholine rings is 1. The van der Waals surface area contributed by atoms with Crippen molar-refractivity contribution in [1.29, 1.82) is 0 Å². The van der Waals surface area contributed by atoms with Gasteiger partial charge in [-0.1, -0.05) is 60.6 Å². The van der Waals surface area contributed by atoms with Gasteiger partial charge >= 0.3 is 11.9 Å². The molecule has 11 atom stereocenters. The number of likely N-dealkylation sites (tertiary alicyclic amines) is 1. The molecular weight excluding hydrogens is 689 g/mol. The predicted octanol–water partition coefficient (Wildman–Crippen LogP) is 9.16. The molecule has 5 saturated carbocycles. The van der Waals surface area contributed by atoms with Crippen molar-refractivity contribution in [2.45, 2.75) is 164 Å². The average molecular weight is 765 g/mol. The highest BCUT2D eigenvalue weighted by molar-refractivity contribution is 5.78. The minimum atomic E-state index is -0.879. The zero-order valence-corrected chi connectivity index (χ0v) is 36.0. The monoisotopic (exact) mass is 765 g/mol. The molecule has 7 aliphatic rings. The highest BCUT2D eigenvalue weighted by Crippen LogP contribution is 2.78. The van der Waals surface area contributed by atoms with Crippen molar-refractivity contribution in [1.82, 2.24) is 9.80 Å². The molecule has 5 aliphatic carbocycles. The van der Waals surface area contributed by atoms with Crippen molar-refractivity contribution in [3.63, 3.8) is 0 Å². The van der Waals surface area contributed by atoms with Crippen LogP contribution in [0.4, 0.5) is 0 Å². The van der Waals surface area contributed by atoms with Gasteiger partial charge in [0.2, 0.25) is 5.91 Å². The van der Waals surface area contributed by atoms with E-state index >= 15 is 0 Å². The first-order valence-electron chi connectivity index (χ1n) is 22.4. The minimum Gasteiger partial charge on any atom is -0.481 e. The number of hydrogen-bond acceptors (Lipinski definition) is 6. The highest BCUT2D eigenvalue weighted by atomic mass is 16.5. The number of hydrogen-bond donors (Lipinski definition) is 1. The molecule has 8 heteroatoms. The maximum Gasteiger partial charge on any atom is 0.306 e. The molecule has 2 saturated heterocycles. The van der Waals surface area contributed by atoms with Crippen LogP contribution >= 0.6 is 0 Å². The largest absolute Gasteiger partial charge is 0.481 e. The Labute approximate surface area is 333 Å². The molecule has 1 N–H and O–H groups in total. The summed E-state index contributed by atoms with van der Waals surface area (Å²) < 4.78 is 11.9. The fourth-order valence-electron chi connectivity index (χ4n) is 15.7.